The Hall–Kier alpha value is -1.16. The first-order valence-corrected chi connectivity index (χ1v) is 7.55. The summed E-state index contributed by atoms with van der Waals surface area (Å²) in [6, 6.07) is 5.33. The van der Waals surface area contributed by atoms with Gasteiger partial charge in [-0.1, -0.05) is 6.92 Å². The lowest BCUT2D eigenvalue weighted by Gasteiger charge is -2.11. The summed E-state index contributed by atoms with van der Waals surface area (Å²) in [4.78, 5) is 10.9. The van der Waals surface area contributed by atoms with Crippen molar-refractivity contribution in [1.82, 2.24) is 0 Å². The standard InChI is InChI=1S/C14H20O3S/c1-3-7-16-13-6-5-12(11-15)14(10-13)17-8-4-9-18-2/h5-6,10-11H,3-4,7-9H2,1-2H3. The predicted molar refractivity (Wildman–Crippen MR) is 76.1 cm³/mol. The van der Waals surface area contributed by atoms with Crippen LogP contribution in [0.25, 0.3) is 0 Å². The molecule has 0 heterocycles. The zero-order valence-corrected chi connectivity index (χ0v) is 11.8. The number of ether oxygens (including phenoxy) is 2. The van der Waals surface area contributed by atoms with E-state index in [-0.39, 0.29) is 0 Å². The maximum absolute atomic E-state index is 10.9. The van der Waals surface area contributed by atoms with E-state index < -0.39 is 0 Å². The highest BCUT2D eigenvalue weighted by Crippen LogP contribution is 2.24. The van der Waals surface area contributed by atoms with Crippen LogP contribution in [0.4, 0.5) is 0 Å². The molecule has 1 aromatic rings. The molecule has 0 aromatic heterocycles. The van der Waals surface area contributed by atoms with Gasteiger partial charge in [-0.15, -0.1) is 0 Å². The van der Waals surface area contributed by atoms with Crippen molar-refractivity contribution in [2.75, 3.05) is 25.2 Å². The van der Waals surface area contributed by atoms with E-state index in [4.69, 9.17) is 9.47 Å². The molecular formula is C14H20O3S. The highest BCUT2D eigenvalue weighted by Gasteiger charge is 2.05. The van der Waals surface area contributed by atoms with Crippen molar-refractivity contribution in [2.24, 2.45) is 0 Å². The summed E-state index contributed by atoms with van der Waals surface area (Å²) >= 11 is 1.79. The monoisotopic (exact) mass is 268 g/mol. The lowest BCUT2D eigenvalue weighted by molar-refractivity contribution is 0.111. The molecule has 0 aliphatic heterocycles. The molecular weight excluding hydrogens is 248 g/mol. The Bertz CT molecular complexity index is 366. The van der Waals surface area contributed by atoms with Gasteiger partial charge in [0.15, 0.2) is 6.29 Å². The molecule has 1 aromatic carbocycles. The second-order valence-electron chi connectivity index (χ2n) is 3.86. The molecule has 0 fully saturated rings. The van der Waals surface area contributed by atoms with E-state index in [1.54, 1.807) is 30.0 Å². The summed E-state index contributed by atoms with van der Waals surface area (Å²) < 4.78 is 11.1. The van der Waals surface area contributed by atoms with Crippen LogP contribution in [-0.4, -0.2) is 31.5 Å². The Morgan fingerprint density at radius 1 is 1.28 bits per heavy atom. The van der Waals surface area contributed by atoms with Gasteiger partial charge in [-0.2, -0.15) is 11.8 Å². The minimum absolute atomic E-state index is 0.572. The minimum atomic E-state index is 0.572. The van der Waals surface area contributed by atoms with Gasteiger partial charge in [0.05, 0.1) is 18.8 Å². The van der Waals surface area contributed by atoms with E-state index in [0.717, 1.165) is 30.6 Å². The van der Waals surface area contributed by atoms with Crippen molar-refractivity contribution in [1.29, 1.82) is 0 Å². The third-order valence-corrected chi connectivity index (χ3v) is 3.03. The molecule has 0 aliphatic rings. The van der Waals surface area contributed by atoms with Crippen LogP contribution in [0.3, 0.4) is 0 Å². The van der Waals surface area contributed by atoms with Crippen LogP contribution in [-0.2, 0) is 0 Å². The molecule has 0 saturated heterocycles. The first-order valence-electron chi connectivity index (χ1n) is 6.15. The summed E-state index contributed by atoms with van der Waals surface area (Å²) in [6.45, 7) is 3.35. The van der Waals surface area contributed by atoms with Crippen molar-refractivity contribution in [2.45, 2.75) is 19.8 Å². The Labute approximate surface area is 113 Å². The Morgan fingerprint density at radius 2 is 2.11 bits per heavy atom. The van der Waals surface area contributed by atoms with E-state index in [9.17, 15) is 4.79 Å². The van der Waals surface area contributed by atoms with Crippen molar-refractivity contribution in [3.63, 3.8) is 0 Å². The number of aldehydes is 1. The van der Waals surface area contributed by atoms with Gasteiger partial charge in [-0.3, -0.25) is 4.79 Å². The number of carbonyl (C=O) groups excluding carboxylic acids is 1. The second-order valence-corrected chi connectivity index (χ2v) is 4.85. The molecule has 100 valence electrons. The number of hydrogen-bond donors (Lipinski definition) is 0. The van der Waals surface area contributed by atoms with Crippen LogP contribution >= 0.6 is 11.8 Å². The van der Waals surface area contributed by atoms with Gasteiger partial charge in [0, 0.05) is 6.07 Å². The smallest absolute Gasteiger partial charge is 0.153 e. The van der Waals surface area contributed by atoms with Gasteiger partial charge in [0.2, 0.25) is 0 Å². The van der Waals surface area contributed by atoms with Crippen LogP contribution in [0.2, 0.25) is 0 Å². The summed E-state index contributed by atoms with van der Waals surface area (Å²) in [5.74, 6) is 2.42. The topological polar surface area (TPSA) is 35.5 Å². The quantitative estimate of drug-likeness (QED) is 0.508. The zero-order chi connectivity index (χ0) is 13.2. The first-order chi connectivity index (χ1) is 8.81. The van der Waals surface area contributed by atoms with Crippen LogP contribution in [0.1, 0.15) is 30.1 Å². The fourth-order valence-corrected chi connectivity index (χ4v) is 1.84. The van der Waals surface area contributed by atoms with Crippen LogP contribution in [0.15, 0.2) is 18.2 Å². The summed E-state index contributed by atoms with van der Waals surface area (Å²) in [7, 11) is 0. The third kappa shape index (κ3) is 5.00. The molecule has 3 nitrogen and oxygen atoms in total. The normalized spacial score (nSPS) is 10.1. The Kier molecular flexibility index (Phi) is 7.34. The molecule has 0 amide bonds. The number of hydrogen-bond acceptors (Lipinski definition) is 4. The average Bonchev–Trinajstić information content (AvgIpc) is 2.41. The molecule has 18 heavy (non-hydrogen) atoms. The van der Waals surface area contributed by atoms with Gasteiger partial charge in [-0.05, 0) is 37.0 Å². The summed E-state index contributed by atoms with van der Waals surface area (Å²) in [5, 5.41) is 0. The highest BCUT2D eigenvalue weighted by molar-refractivity contribution is 7.98. The molecule has 0 radical (unpaired) electrons. The van der Waals surface area contributed by atoms with Crippen LogP contribution in [0.5, 0.6) is 11.5 Å². The first kappa shape index (κ1) is 14.9. The molecule has 0 spiro atoms. The average molecular weight is 268 g/mol. The van der Waals surface area contributed by atoms with Crippen LogP contribution < -0.4 is 9.47 Å². The van der Waals surface area contributed by atoms with E-state index in [0.29, 0.717) is 24.5 Å². The van der Waals surface area contributed by atoms with Crippen molar-refractivity contribution in [3.05, 3.63) is 23.8 Å². The van der Waals surface area contributed by atoms with Crippen LogP contribution in [0, 0.1) is 0 Å². The van der Waals surface area contributed by atoms with E-state index >= 15 is 0 Å². The van der Waals surface area contributed by atoms with E-state index in [1.165, 1.54) is 0 Å². The second kappa shape index (κ2) is 8.86. The van der Waals surface area contributed by atoms with Gasteiger partial charge < -0.3 is 9.47 Å². The summed E-state index contributed by atoms with van der Waals surface area (Å²) in [6.07, 6.45) is 4.81. The minimum Gasteiger partial charge on any atom is -0.493 e. The molecule has 0 unspecified atom stereocenters. The number of rotatable bonds is 9. The highest BCUT2D eigenvalue weighted by atomic mass is 32.2. The lowest BCUT2D eigenvalue weighted by Crippen LogP contribution is -2.02. The molecule has 1 rings (SSSR count). The Morgan fingerprint density at radius 3 is 2.78 bits per heavy atom. The molecule has 0 N–H and O–H groups in total. The van der Waals surface area contributed by atoms with Crippen molar-refractivity contribution in [3.8, 4) is 11.5 Å². The van der Waals surface area contributed by atoms with Crippen molar-refractivity contribution >= 4 is 18.0 Å². The molecule has 0 saturated carbocycles. The maximum atomic E-state index is 10.9. The number of carbonyl (C=O) groups is 1. The zero-order valence-electron chi connectivity index (χ0n) is 11.0. The summed E-state index contributed by atoms with van der Waals surface area (Å²) in [5.41, 5.74) is 0.572. The van der Waals surface area contributed by atoms with E-state index in [2.05, 4.69) is 13.2 Å². The number of benzene rings is 1. The SMILES string of the molecule is CCCOc1ccc(C=O)c(OCCCSC)c1. The maximum Gasteiger partial charge on any atom is 0.153 e. The van der Waals surface area contributed by atoms with Gasteiger partial charge in [-0.25, -0.2) is 0 Å². The number of thioether (sulfide) groups is 1. The van der Waals surface area contributed by atoms with Gasteiger partial charge in [0.1, 0.15) is 11.5 Å². The molecule has 0 bridgehead atoms. The van der Waals surface area contributed by atoms with Crippen molar-refractivity contribution < 1.29 is 14.3 Å². The van der Waals surface area contributed by atoms with Gasteiger partial charge in [0.25, 0.3) is 0 Å². The molecule has 0 aliphatic carbocycles. The van der Waals surface area contributed by atoms with Gasteiger partial charge >= 0.3 is 0 Å². The predicted octanol–water partition coefficient (Wildman–Crippen LogP) is 3.42. The largest absolute Gasteiger partial charge is 0.493 e. The third-order valence-electron chi connectivity index (χ3n) is 2.34. The lowest BCUT2D eigenvalue weighted by atomic mass is 10.2. The fraction of sp³-hybridized carbons (Fsp3) is 0.500. The fourth-order valence-electron chi connectivity index (χ4n) is 1.43. The molecule has 4 heteroatoms. The Balaban J connectivity index is 2.63. The van der Waals surface area contributed by atoms with E-state index in [1.807, 2.05) is 0 Å². The molecule has 0 atom stereocenters.